The van der Waals surface area contributed by atoms with Gasteiger partial charge in [0.15, 0.2) is 9.84 Å². The molecule has 1 fully saturated rings. The highest BCUT2D eigenvalue weighted by atomic mass is 32.2. The largest absolute Gasteiger partial charge is 0.361 e. The maximum Gasteiger partial charge on any atom is 0.318 e. The predicted molar refractivity (Wildman–Crippen MR) is 175 cm³/mol. The first kappa shape index (κ1) is 32.2. The molecule has 0 bridgehead atoms. The Morgan fingerprint density at radius 2 is 1.73 bits per heavy atom. The smallest absolute Gasteiger partial charge is 0.318 e. The Hall–Kier alpha value is -4.22. The molecule has 1 aromatic heterocycles. The minimum atomic E-state index is -3.66. The predicted octanol–water partition coefficient (Wildman–Crippen LogP) is 5.47. The van der Waals surface area contributed by atoms with Gasteiger partial charge in [-0.3, -0.25) is 4.79 Å². The number of halogens is 1. The standard InChI is InChI=1S/C34H40FN5O4S/c1-22(28-20-36-29-8-6-5-7-27(28)29)32(33(41)37-30-19-23(21-39(2)3)9-14-31(30)45(4,43)44)38-34(42)40-17-15-25(16-18-40)24-10-12-26(35)13-11-24/h5-14,19-20,22,25,32,36H,15-18,21H2,1-4H3,(H,37,41)(H,38,42)/t22-,32+/m0/s1. The third kappa shape index (κ3) is 7.54. The van der Waals surface area contributed by atoms with Crippen molar-refractivity contribution < 1.29 is 22.4 Å². The molecule has 2 atom stereocenters. The van der Waals surface area contributed by atoms with E-state index in [1.165, 1.54) is 18.2 Å². The Morgan fingerprint density at radius 1 is 1.04 bits per heavy atom. The van der Waals surface area contributed by atoms with Gasteiger partial charge in [-0.05, 0) is 79.9 Å². The number of piperidine rings is 1. The van der Waals surface area contributed by atoms with Crippen LogP contribution in [0.3, 0.4) is 0 Å². The van der Waals surface area contributed by atoms with Gasteiger partial charge >= 0.3 is 6.03 Å². The average Bonchev–Trinajstić information content (AvgIpc) is 3.43. The molecule has 9 nitrogen and oxygen atoms in total. The molecular formula is C34H40FN5O4S. The van der Waals surface area contributed by atoms with Gasteiger partial charge in [0.05, 0.1) is 10.6 Å². The quantitative estimate of drug-likeness (QED) is 0.226. The lowest BCUT2D eigenvalue weighted by Crippen LogP contribution is -2.53. The molecule has 1 aliphatic heterocycles. The lowest BCUT2D eigenvalue weighted by atomic mass is 9.89. The molecule has 1 aliphatic rings. The minimum Gasteiger partial charge on any atom is -0.361 e. The zero-order valence-corrected chi connectivity index (χ0v) is 26.8. The monoisotopic (exact) mass is 633 g/mol. The molecule has 1 saturated heterocycles. The molecule has 11 heteroatoms. The van der Waals surface area contributed by atoms with E-state index >= 15 is 0 Å². The van der Waals surface area contributed by atoms with E-state index in [-0.39, 0.29) is 28.3 Å². The zero-order valence-electron chi connectivity index (χ0n) is 26.0. The summed E-state index contributed by atoms with van der Waals surface area (Å²) in [6.45, 7) is 3.39. The van der Waals surface area contributed by atoms with Crippen LogP contribution in [-0.2, 0) is 21.2 Å². The first-order chi connectivity index (χ1) is 21.4. The third-order valence-electron chi connectivity index (χ3n) is 8.50. The van der Waals surface area contributed by atoms with E-state index in [9.17, 15) is 22.4 Å². The molecule has 0 saturated carbocycles. The Balaban J connectivity index is 1.41. The molecule has 0 unspecified atom stereocenters. The number of likely N-dealkylation sites (tertiary alicyclic amines) is 1. The van der Waals surface area contributed by atoms with Gasteiger partial charge in [-0.15, -0.1) is 0 Å². The van der Waals surface area contributed by atoms with Crippen LogP contribution in [0.15, 0.2) is 77.8 Å². The maximum absolute atomic E-state index is 14.1. The highest BCUT2D eigenvalue weighted by Crippen LogP contribution is 2.31. The van der Waals surface area contributed by atoms with Crippen molar-refractivity contribution in [2.75, 3.05) is 38.8 Å². The fraction of sp³-hybridized carbons (Fsp3) is 0.353. The van der Waals surface area contributed by atoms with Crippen LogP contribution in [-0.4, -0.2) is 74.6 Å². The highest BCUT2D eigenvalue weighted by molar-refractivity contribution is 7.90. The summed E-state index contributed by atoms with van der Waals surface area (Å²) >= 11 is 0. The number of urea groups is 1. The molecule has 4 aromatic rings. The summed E-state index contributed by atoms with van der Waals surface area (Å²) in [5, 5.41) is 6.77. The minimum absolute atomic E-state index is 0.00560. The van der Waals surface area contributed by atoms with Crippen molar-refractivity contribution in [1.82, 2.24) is 20.1 Å². The number of benzene rings is 3. The normalized spacial score (nSPS) is 15.6. The maximum atomic E-state index is 14.1. The van der Waals surface area contributed by atoms with Crippen LogP contribution in [0.4, 0.5) is 14.9 Å². The van der Waals surface area contributed by atoms with E-state index < -0.39 is 27.7 Å². The molecule has 45 heavy (non-hydrogen) atoms. The van der Waals surface area contributed by atoms with Crippen molar-refractivity contribution in [3.8, 4) is 0 Å². The van der Waals surface area contributed by atoms with Crippen LogP contribution in [0.5, 0.6) is 0 Å². The number of aromatic nitrogens is 1. The molecule has 0 spiro atoms. The van der Waals surface area contributed by atoms with Gasteiger partial charge in [0.2, 0.25) is 5.91 Å². The summed E-state index contributed by atoms with van der Waals surface area (Å²) in [5.74, 6) is -1.05. The number of nitrogens with zero attached hydrogens (tertiary/aromatic N) is 2. The van der Waals surface area contributed by atoms with E-state index in [0.717, 1.165) is 33.8 Å². The molecule has 5 rings (SSSR count). The second kappa shape index (κ2) is 13.4. The number of fused-ring (bicyclic) bond motifs is 1. The third-order valence-corrected chi connectivity index (χ3v) is 9.65. The SMILES string of the molecule is C[C@@H](c1c[nH]c2ccccc12)[C@@H](NC(=O)N1CCC(c2ccc(F)cc2)CC1)C(=O)Nc1cc(CN(C)C)ccc1S(C)(=O)=O. The summed E-state index contributed by atoms with van der Waals surface area (Å²) in [6, 6.07) is 17.7. The van der Waals surface area contributed by atoms with Gasteiger partial charge in [0.1, 0.15) is 11.9 Å². The summed E-state index contributed by atoms with van der Waals surface area (Å²) in [4.78, 5) is 34.7. The number of anilines is 1. The van der Waals surface area contributed by atoms with Crippen LogP contribution in [0.25, 0.3) is 10.9 Å². The number of carbonyl (C=O) groups excluding carboxylic acids is 2. The summed E-state index contributed by atoms with van der Waals surface area (Å²) in [5.41, 5.74) is 3.80. The van der Waals surface area contributed by atoms with Crippen molar-refractivity contribution >= 4 is 38.4 Å². The summed E-state index contributed by atoms with van der Waals surface area (Å²) in [6.07, 6.45) is 4.37. The van der Waals surface area contributed by atoms with E-state index in [4.69, 9.17) is 0 Å². The fourth-order valence-electron chi connectivity index (χ4n) is 6.12. The topological polar surface area (TPSA) is 115 Å². The van der Waals surface area contributed by atoms with E-state index in [1.807, 2.05) is 56.4 Å². The van der Waals surface area contributed by atoms with Crippen LogP contribution >= 0.6 is 0 Å². The Morgan fingerprint density at radius 3 is 2.40 bits per heavy atom. The van der Waals surface area contributed by atoms with Crippen molar-refractivity contribution in [2.45, 2.75) is 49.1 Å². The number of para-hydroxylation sites is 1. The molecule has 2 heterocycles. The Kier molecular flexibility index (Phi) is 9.59. The molecule has 3 aromatic carbocycles. The number of H-pyrrole nitrogens is 1. The Labute approximate surface area is 263 Å². The zero-order chi connectivity index (χ0) is 32.3. The van der Waals surface area contributed by atoms with Gasteiger partial charge < -0.3 is 25.4 Å². The number of hydrogen-bond acceptors (Lipinski definition) is 5. The van der Waals surface area contributed by atoms with Crippen LogP contribution in [0, 0.1) is 5.82 Å². The Bertz CT molecular complexity index is 1780. The van der Waals surface area contributed by atoms with Gasteiger partial charge in [0.25, 0.3) is 0 Å². The molecule has 3 N–H and O–H groups in total. The number of hydrogen-bond donors (Lipinski definition) is 3. The number of carbonyl (C=O) groups is 2. The van der Waals surface area contributed by atoms with Crippen LogP contribution < -0.4 is 10.6 Å². The number of amides is 3. The molecule has 238 valence electrons. The van der Waals surface area contributed by atoms with Crippen molar-refractivity contribution in [3.05, 3.63) is 95.4 Å². The first-order valence-corrected chi connectivity index (χ1v) is 17.0. The lowest BCUT2D eigenvalue weighted by molar-refractivity contribution is -0.118. The summed E-state index contributed by atoms with van der Waals surface area (Å²) < 4.78 is 38.8. The van der Waals surface area contributed by atoms with Crippen LogP contribution in [0.1, 0.15) is 48.3 Å². The van der Waals surface area contributed by atoms with E-state index in [0.29, 0.717) is 32.5 Å². The van der Waals surface area contributed by atoms with Gasteiger partial charge in [-0.1, -0.05) is 43.3 Å². The van der Waals surface area contributed by atoms with Crippen LogP contribution in [0.2, 0.25) is 0 Å². The summed E-state index contributed by atoms with van der Waals surface area (Å²) in [7, 11) is 0.142. The molecular weight excluding hydrogens is 593 g/mol. The second-order valence-electron chi connectivity index (χ2n) is 12.1. The molecule has 0 aliphatic carbocycles. The lowest BCUT2D eigenvalue weighted by Gasteiger charge is -2.34. The van der Waals surface area contributed by atoms with Crippen molar-refractivity contribution in [2.24, 2.45) is 0 Å². The second-order valence-corrected chi connectivity index (χ2v) is 14.1. The average molecular weight is 634 g/mol. The first-order valence-electron chi connectivity index (χ1n) is 15.1. The van der Waals surface area contributed by atoms with Gasteiger partial charge in [-0.2, -0.15) is 0 Å². The van der Waals surface area contributed by atoms with Crippen molar-refractivity contribution in [3.63, 3.8) is 0 Å². The number of rotatable bonds is 9. The van der Waals surface area contributed by atoms with Crippen molar-refractivity contribution in [1.29, 1.82) is 0 Å². The molecule has 3 amide bonds. The van der Waals surface area contributed by atoms with E-state index in [1.54, 1.807) is 29.2 Å². The molecule has 0 radical (unpaired) electrons. The van der Waals surface area contributed by atoms with Gasteiger partial charge in [-0.25, -0.2) is 17.6 Å². The number of sulfone groups is 1. The number of nitrogens with one attached hydrogen (secondary N) is 3. The number of aromatic amines is 1. The van der Waals surface area contributed by atoms with Gasteiger partial charge in [0, 0.05) is 48.9 Å². The fourth-order valence-corrected chi connectivity index (χ4v) is 6.94. The highest BCUT2D eigenvalue weighted by Gasteiger charge is 2.33. The van der Waals surface area contributed by atoms with E-state index in [2.05, 4.69) is 15.6 Å².